The lowest BCUT2D eigenvalue weighted by Gasteiger charge is -2.18. The Bertz CT molecular complexity index is 787. The molecular weight excluding hydrogens is 322 g/mol. The molecule has 0 fully saturated rings. The zero-order valence-electron chi connectivity index (χ0n) is 13.1. The summed E-state index contributed by atoms with van der Waals surface area (Å²) in [6.45, 7) is 0. The number of aromatic nitrogens is 2. The second-order valence-electron chi connectivity index (χ2n) is 5.54. The largest absolute Gasteiger partial charge is 0.349 e. The monoisotopic (exact) mass is 339 g/mol. The van der Waals surface area contributed by atoms with Gasteiger partial charge in [-0.2, -0.15) is 0 Å². The summed E-state index contributed by atoms with van der Waals surface area (Å²) >= 11 is 6.14. The molecule has 0 aliphatic heterocycles. The summed E-state index contributed by atoms with van der Waals surface area (Å²) in [7, 11) is 0. The zero-order valence-corrected chi connectivity index (χ0v) is 13.8. The molecule has 24 heavy (non-hydrogen) atoms. The maximum absolute atomic E-state index is 12.5. The number of H-pyrrole nitrogens is 1. The molecule has 2 aromatic carbocycles. The van der Waals surface area contributed by atoms with Gasteiger partial charge in [0.15, 0.2) is 0 Å². The number of aromatic amines is 1. The van der Waals surface area contributed by atoms with Crippen molar-refractivity contribution >= 4 is 17.5 Å². The van der Waals surface area contributed by atoms with E-state index in [2.05, 4.69) is 15.3 Å². The topological polar surface area (TPSA) is 57.8 Å². The van der Waals surface area contributed by atoms with Gasteiger partial charge < -0.3 is 10.3 Å². The van der Waals surface area contributed by atoms with E-state index < -0.39 is 0 Å². The van der Waals surface area contributed by atoms with Gasteiger partial charge in [0.1, 0.15) is 5.82 Å². The maximum atomic E-state index is 12.5. The summed E-state index contributed by atoms with van der Waals surface area (Å²) in [5.41, 5.74) is 1.86. The highest BCUT2D eigenvalue weighted by Crippen LogP contribution is 2.19. The Morgan fingerprint density at radius 3 is 2.58 bits per heavy atom. The first-order chi connectivity index (χ1) is 11.7. The van der Waals surface area contributed by atoms with Crippen molar-refractivity contribution in [1.29, 1.82) is 0 Å². The smallest absolute Gasteiger partial charge is 0.224 e. The molecular formula is C19H18ClN3O. The summed E-state index contributed by atoms with van der Waals surface area (Å²) in [6, 6.07) is 17.1. The van der Waals surface area contributed by atoms with Gasteiger partial charge in [-0.25, -0.2) is 4.98 Å². The van der Waals surface area contributed by atoms with Crippen molar-refractivity contribution < 1.29 is 4.79 Å². The molecule has 1 amide bonds. The third-order valence-electron chi connectivity index (χ3n) is 3.80. The molecule has 0 aliphatic carbocycles. The number of carbonyl (C=O) groups excluding carboxylic acids is 1. The Balaban J connectivity index is 1.74. The van der Waals surface area contributed by atoms with Crippen LogP contribution in [0.4, 0.5) is 0 Å². The molecule has 3 rings (SSSR count). The predicted molar refractivity (Wildman–Crippen MR) is 94.8 cm³/mol. The van der Waals surface area contributed by atoms with Crippen molar-refractivity contribution in [2.45, 2.75) is 18.9 Å². The van der Waals surface area contributed by atoms with Crippen LogP contribution in [0.25, 0.3) is 0 Å². The molecule has 0 saturated heterocycles. The van der Waals surface area contributed by atoms with E-state index in [-0.39, 0.29) is 18.4 Å². The Morgan fingerprint density at radius 2 is 1.88 bits per heavy atom. The number of hydrogen-bond acceptors (Lipinski definition) is 2. The van der Waals surface area contributed by atoms with Gasteiger partial charge in [0.25, 0.3) is 0 Å². The van der Waals surface area contributed by atoms with Crippen LogP contribution >= 0.6 is 11.6 Å². The third kappa shape index (κ3) is 4.24. The lowest BCUT2D eigenvalue weighted by atomic mass is 10.0. The van der Waals surface area contributed by atoms with Gasteiger partial charge in [-0.15, -0.1) is 0 Å². The molecule has 0 saturated carbocycles. The number of hydrogen-bond donors (Lipinski definition) is 2. The molecule has 4 nitrogen and oxygen atoms in total. The average Bonchev–Trinajstić information content (AvgIpc) is 3.10. The van der Waals surface area contributed by atoms with Crippen molar-refractivity contribution in [3.05, 3.63) is 89.0 Å². The molecule has 0 spiro atoms. The Kier molecular flexibility index (Phi) is 5.29. The van der Waals surface area contributed by atoms with Gasteiger partial charge in [0.05, 0.1) is 12.5 Å². The van der Waals surface area contributed by atoms with E-state index >= 15 is 0 Å². The molecule has 1 heterocycles. The summed E-state index contributed by atoms with van der Waals surface area (Å²) in [5, 5.41) is 3.70. The van der Waals surface area contributed by atoms with Crippen LogP contribution in [0.1, 0.15) is 23.0 Å². The molecule has 1 unspecified atom stereocenters. The number of nitrogens with one attached hydrogen (secondary N) is 2. The molecule has 122 valence electrons. The minimum Gasteiger partial charge on any atom is -0.349 e. The highest BCUT2D eigenvalue weighted by Gasteiger charge is 2.17. The molecule has 3 aromatic rings. The predicted octanol–water partition coefficient (Wildman–Crippen LogP) is 3.71. The van der Waals surface area contributed by atoms with Crippen LogP contribution in [0.15, 0.2) is 67.0 Å². The molecule has 1 aromatic heterocycles. The fraction of sp³-hybridized carbons (Fsp3) is 0.158. The highest BCUT2D eigenvalue weighted by molar-refractivity contribution is 6.31. The van der Waals surface area contributed by atoms with E-state index in [1.165, 1.54) is 0 Å². The van der Waals surface area contributed by atoms with Crippen molar-refractivity contribution in [3.63, 3.8) is 0 Å². The summed E-state index contributed by atoms with van der Waals surface area (Å²) in [6.07, 6.45) is 4.35. The van der Waals surface area contributed by atoms with Gasteiger partial charge >= 0.3 is 0 Å². The van der Waals surface area contributed by atoms with E-state index in [1.807, 2.05) is 48.5 Å². The van der Waals surface area contributed by atoms with Crippen LogP contribution in [-0.4, -0.2) is 15.9 Å². The molecule has 0 bridgehead atoms. The zero-order chi connectivity index (χ0) is 16.8. The number of carbonyl (C=O) groups is 1. The van der Waals surface area contributed by atoms with Gasteiger partial charge in [-0.3, -0.25) is 4.79 Å². The third-order valence-corrected chi connectivity index (χ3v) is 4.17. The Hall–Kier alpha value is -2.59. The van der Waals surface area contributed by atoms with Crippen LogP contribution in [0.3, 0.4) is 0 Å². The van der Waals surface area contributed by atoms with Crippen LogP contribution in [-0.2, 0) is 17.6 Å². The van der Waals surface area contributed by atoms with E-state index in [9.17, 15) is 4.79 Å². The van der Waals surface area contributed by atoms with Crippen LogP contribution in [0.2, 0.25) is 5.02 Å². The molecule has 0 aliphatic rings. The normalized spacial score (nSPS) is 11.9. The Morgan fingerprint density at radius 1 is 1.12 bits per heavy atom. The molecule has 1 atom stereocenters. The summed E-state index contributed by atoms with van der Waals surface area (Å²) in [5.74, 6) is 0.769. The van der Waals surface area contributed by atoms with E-state index in [1.54, 1.807) is 18.5 Å². The number of amides is 1. The van der Waals surface area contributed by atoms with Gasteiger partial charge in [-0.1, -0.05) is 60.1 Å². The average molecular weight is 340 g/mol. The lowest BCUT2D eigenvalue weighted by Crippen LogP contribution is -2.31. The van der Waals surface area contributed by atoms with Crippen molar-refractivity contribution in [1.82, 2.24) is 15.3 Å². The fourth-order valence-corrected chi connectivity index (χ4v) is 2.80. The second kappa shape index (κ2) is 7.79. The van der Waals surface area contributed by atoms with E-state index in [0.29, 0.717) is 11.4 Å². The first-order valence-electron chi connectivity index (χ1n) is 7.78. The molecule has 5 heteroatoms. The van der Waals surface area contributed by atoms with Crippen LogP contribution in [0, 0.1) is 0 Å². The number of nitrogens with zero attached hydrogens (tertiary/aromatic N) is 1. The molecule has 2 N–H and O–H groups in total. The number of rotatable bonds is 6. The highest BCUT2D eigenvalue weighted by atomic mass is 35.5. The minimum absolute atomic E-state index is 0.0662. The summed E-state index contributed by atoms with van der Waals surface area (Å²) < 4.78 is 0. The van der Waals surface area contributed by atoms with Gasteiger partial charge in [-0.05, 0) is 17.2 Å². The Labute approximate surface area is 145 Å². The van der Waals surface area contributed by atoms with E-state index in [4.69, 9.17) is 11.6 Å². The van der Waals surface area contributed by atoms with Crippen LogP contribution in [0.5, 0.6) is 0 Å². The maximum Gasteiger partial charge on any atom is 0.224 e. The quantitative estimate of drug-likeness (QED) is 0.719. The van der Waals surface area contributed by atoms with Crippen molar-refractivity contribution in [2.75, 3.05) is 0 Å². The standard InChI is InChI=1S/C19H18ClN3O/c20-16-9-5-4-8-15(16)12-19(24)23-17(13-18-21-10-11-22-18)14-6-2-1-3-7-14/h1-11,17H,12-13H2,(H,21,22)(H,23,24). The lowest BCUT2D eigenvalue weighted by molar-refractivity contribution is -0.121. The SMILES string of the molecule is O=C(Cc1ccccc1Cl)NC(Cc1ncc[nH]1)c1ccccc1. The molecule has 0 radical (unpaired) electrons. The summed E-state index contributed by atoms with van der Waals surface area (Å²) in [4.78, 5) is 19.8. The van der Waals surface area contributed by atoms with Gasteiger partial charge in [0.2, 0.25) is 5.91 Å². The first-order valence-corrected chi connectivity index (χ1v) is 8.16. The number of imidazole rings is 1. The van der Waals surface area contributed by atoms with Crippen molar-refractivity contribution in [2.24, 2.45) is 0 Å². The first kappa shape index (κ1) is 16.3. The van der Waals surface area contributed by atoms with Crippen molar-refractivity contribution in [3.8, 4) is 0 Å². The van der Waals surface area contributed by atoms with E-state index in [0.717, 1.165) is 17.0 Å². The number of halogens is 1. The van der Waals surface area contributed by atoms with Gasteiger partial charge in [0, 0.05) is 23.8 Å². The second-order valence-corrected chi connectivity index (χ2v) is 5.95. The van der Waals surface area contributed by atoms with Crippen LogP contribution < -0.4 is 5.32 Å². The number of benzene rings is 2. The fourth-order valence-electron chi connectivity index (χ4n) is 2.60. The minimum atomic E-state index is -0.146.